The number of carboxylic acid groups (broad SMARTS) is 1. The summed E-state index contributed by atoms with van der Waals surface area (Å²) in [7, 11) is 0. The average molecular weight is 411 g/mol. The number of aliphatic carboxylic acids is 1. The predicted octanol–water partition coefficient (Wildman–Crippen LogP) is 2.11. The molecule has 3 rings (SSSR count). The zero-order valence-corrected chi connectivity index (χ0v) is 15.2. The number of nitrogens with zero attached hydrogens (tertiary/aromatic N) is 2. The van der Waals surface area contributed by atoms with Gasteiger partial charge in [0.2, 0.25) is 0 Å². The van der Waals surface area contributed by atoms with Crippen molar-refractivity contribution in [3.8, 4) is 0 Å². The number of carboxylic acids is 1. The van der Waals surface area contributed by atoms with Crippen LogP contribution in [0, 0.1) is 5.82 Å². The molecule has 0 aliphatic carbocycles. The van der Waals surface area contributed by atoms with Gasteiger partial charge < -0.3 is 10.1 Å². The van der Waals surface area contributed by atoms with E-state index in [0.717, 1.165) is 11.8 Å². The molecule has 0 saturated carbocycles. The van der Waals surface area contributed by atoms with Crippen LogP contribution in [0.25, 0.3) is 11.2 Å². The van der Waals surface area contributed by atoms with Crippen molar-refractivity contribution < 1.29 is 14.3 Å². The molecule has 11 heteroatoms. The number of hydrogen-bond acceptors (Lipinski definition) is 6. The van der Waals surface area contributed by atoms with Crippen LogP contribution in [0.5, 0.6) is 0 Å². The van der Waals surface area contributed by atoms with E-state index in [4.69, 9.17) is 16.7 Å². The Morgan fingerprint density at radius 1 is 1.22 bits per heavy atom. The fourth-order valence-corrected chi connectivity index (χ4v) is 3.48. The van der Waals surface area contributed by atoms with Crippen LogP contribution in [0.15, 0.2) is 32.9 Å². The van der Waals surface area contributed by atoms with E-state index < -0.39 is 22.9 Å². The molecule has 2 heterocycles. The molecule has 8 nitrogen and oxygen atoms in total. The van der Waals surface area contributed by atoms with Gasteiger partial charge in [-0.2, -0.15) is 0 Å². The van der Waals surface area contributed by atoms with Crippen molar-refractivity contribution in [3.63, 3.8) is 0 Å². The maximum atomic E-state index is 13.8. The van der Waals surface area contributed by atoms with E-state index in [2.05, 4.69) is 19.9 Å². The first-order valence-corrected chi connectivity index (χ1v) is 9.02. The van der Waals surface area contributed by atoms with Gasteiger partial charge >= 0.3 is 5.97 Å². The number of halogens is 2. The molecule has 0 fully saturated rings. The Labute approximate surface area is 159 Å². The molecular formula is C16H12ClFN4O4S. The fourth-order valence-electron chi connectivity index (χ4n) is 2.28. The molecule has 3 N–H and O–H groups in total. The topological polar surface area (TPSA) is 129 Å². The first-order chi connectivity index (χ1) is 12.8. The Morgan fingerprint density at radius 3 is 2.70 bits per heavy atom. The molecular weight excluding hydrogens is 399 g/mol. The Morgan fingerprint density at radius 2 is 2.00 bits per heavy atom. The van der Waals surface area contributed by atoms with Crippen LogP contribution in [0.1, 0.15) is 17.7 Å². The Balaban J connectivity index is 1.90. The summed E-state index contributed by atoms with van der Waals surface area (Å²) in [5.41, 5.74) is -1.16. The van der Waals surface area contributed by atoms with Gasteiger partial charge in [0, 0.05) is 22.8 Å². The van der Waals surface area contributed by atoms with Crippen molar-refractivity contribution in [1.29, 1.82) is 0 Å². The van der Waals surface area contributed by atoms with E-state index in [1.54, 1.807) is 6.07 Å². The standard InChI is InChI=1S/C16H12ClFN4O4S/c17-8-2-1-3-9(18)7(8)6-27-16-21-13-12(15(26)22-16)19-10(14(25)20-13)4-5-11(23)24/h1-3H,4-6H2,(H,23,24)(H2,20,21,22,25,26). The van der Waals surface area contributed by atoms with E-state index in [1.165, 1.54) is 12.1 Å². The molecule has 3 aromatic rings. The van der Waals surface area contributed by atoms with Gasteiger partial charge in [-0.15, -0.1) is 0 Å². The zero-order chi connectivity index (χ0) is 19.6. The molecule has 0 unspecified atom stereocenters. The van der Waals surface area contributed by atoms with Crippen molar-refractivity contribution in [2.24, 2.45) is 0 Å². The van der Waals surface area contributed by atoms with Gasteiger partial charge in [0.1, 0.15) is 11.5 Å². The number of H-pyrrole nitrogens is 2. The van der Waals surface area contributed by atoms with Crippen LogP contribution in [0.2, 0.25) is 5.02 Å². The molecule has 0 saturated heterocycles. The molecule has 140 valence electrons. The molecule has 0 aliphatic rings. The SMILES string of the molecule is O=C(O)CCc1nc2c(=O)[nH]c(SCc3c(F)cccc3Cl)nc2[nH]c1=O. The van der Waals surface area contributed by atoms with Crippen molar-refractivity contribution in [2.75, 3.05) is 0 Å². The number of aromatic nitrogens is 4. The average Bonchev–Trinajstić information content (AvgIpc) is 2.59. The minimum absolute atomic E-state index is 0.0371. The molecule has 0 amide bonds. The second-order valence-electron chi connectivity index (χ2n) is 5.46. The number of thioether (sulfide) groups is 1. The number of benzene rings is 1. The highest BCUT2D eigenvalue weighted by molar-refractivity contribution is 7.98. The summed E-state index contributed by atoms with van der Waals surface area (Å²) >= 11 is 7.00. The highest BCUT2D eigenvalue weighted by atomic mass is 35.5. The lowest BCUT2D eigenvalue weighted by molar-refractivity contribution is -0.136. The molecule has 0 radical (unpaired) electrons. The van der Waals surface area contributed by atoms with Crippen LogP contribution in [-0.2, 0) is 17.0 Å². The van der Waals surface area contributed by atoms with Crippen molar-refractivity contribution in [1.82, 2.24) is 19.9 Å². The largest absolute Gasteiger partial charge is 0.481 e. The number of fused-ring (bicyclic) bond motifs is 1. The monoisotopic (exact) mass is 410 g/mol. The molecule has 0 bridgehead atoms. The second kappa shape index (κ2) is 7.89. The predicted molar refractivity (Wildman–Crippen MR) is 97.7 cm³/mol. The van der Waals surface area contributed by atoms with Crippen LogP contribution < -0.4 is 11.1 Å². The molecule has 0 aliphatic heterocycles. The van der Waals surface area contributed by atoms with E-state index >= 15 is 0 Å². The van der Waals surface area contributed by atoms with E-state index in [1.807, 2.05) is 0 Å². The third-order valence-corrected chi connectivity index (χ3v) is 4.86. The number of aromatic amines is 2. The van der Waals surface area contributed by atoms with Crippen molar-refractivity contribution in [2.45, 2.75) is 23.8 Å². The number of nitrogens with one attached hydrogen (secondary N) is 2. The molecule has 27 heavy (non-hydrogen) atoms. The van der Waals surface area contributed by atoms with Crippen LogP contribution in [-0.4, -0.2) is 31.0 Å². The highest BCUT2D eigenvalue weighted by Crippen LogP contribution is 2.26. The first-order valence-electron chi connectivity index (χ1n) is 7.66. The summed E-state index contributed by atoms with van der Waals surface area (Å²) in [4.78, 5) is 47.8. The summed E-state index contributed by atoms with van der Waals surface area (Å²) in [6.45, 7) is 0. The Bertz CT molecular complexity index is 1130. The van der Waals surface area contributed by atoms with Crippen molar-refractivity contribution >= 4 is 40.5 Å². The van der Waals surface area contributed by atoms with Crippen molar-refractivity contribution in [3.05, 3.63) is 61.0 Å². The fraction of sp³-hybridized carbons (Fsp3) is 0.188. The summed E-state index contributed by atoms with van der Waals surface area (Å²) in [5.74, 6) is -1.44. The molecule has 2 aromatic heterocycles. The van der Waals surface area contributed by atoms with Crippen LogP contribution in [0.4, 0.5) is 4.39 Å². The maximum Gasteiger partial charge on any atom is 0.303 e. The third-order valence-electron chi connectivity index (χ3n) is 3.60. The Kier molecular flexibility index (Phi) is 5.57. The molecule has 0 spiro atoms. The van der Waals surface area contributed by atoms with Gasteiger partial charge in [0.05, 0.1) is 6.42 Å². The number of rotatable bonds is 6. The van der Waals surface area contributed by atoms with Gasteiger partial charge in [-0.1, -0.05) is 29.4 Å². The highest BCUT2D eigenvalue weighted by Gasteiger charge is 2.13. The molecule has 0 atom stereocenters. The Hall–Kier alpha value is -2.72. The first kappa shape index (κ1) is 19.1. The lowest BCUT2D eigenvalue weighted by Crippen LogP contribution is -2.21. The lowest BCUT2D eigenvalue weighted by atomic mass is 10.2. The number of aryl methyl sites for hydroxylation is 1. The normalized spacial score (nSPS) is 11.0. The van der Waals surface area contributed by atoms with E-state index in [0.29, 0.717) is 0 Å². The van der Waals surface area contributed by atoms with Gasteiger partial charge in [-0.05, 0) is 12.1 Å². The zero-order valence-electron chi connectivity index (χ0n) is 13.6. The summed E-state index contributed by atoms with van der Waals surface area (Å²) in [6, 6.07) is 4.32. The van der Waals surface area contributed by atoms with Gasteiger partial charge in [-0.3, -0.25) is 19.4 Å². The van der Waals surface area contributed by atoms with Gasteiger partial charge in [0.15, 0.2) is 16.3 Å². The minimum Gasteiger partial charge on any atom is -0.481 e. The quantitative estimate of drug-likeness (QED) is 0.419. The van der Waals surface area contributed by atoms with E-state index in [9.17, 15) is 18.8 Å². The van der Waals surface area contributed by atoms with Crippen LogP contribution >= 0.6 is 23.4 Å². The smallest absolute Gasteiger partial charge is 0.303 e. The number of carbonyl (C=O) groups is 1. The maximum absolute atomic E-state index is 13.8. The summed E-state index contributed by atoms with van der Waals surface area (Å²) in [6.07, 6.45) is -0.396. The summed E-state index contributed by atoms with van der Waals surface area (Å²) < 4.78 is 13.8. The molecule has 1 aromatic carbocycles. The van der Waals surface area contributed by atoms with E-state index in [-0.39, 0.29) is 51.2 Å². The third kappa shape index (κ3) is 4.34. The second-order valence-corrected chi connectivity index (χ2v) is 6.83. The van der Waals surface area contributed by atoms with Gasteiger partial charge in [-0.25, -0.2) is 14.4 Å². The lowest BCUT2D eigenvalue weighted by Gasteiger charge is -2.06. The summed E-state index contributed by atoms with van der Waals surface area (Å²) in [5, 5.41) is 9.11. The minimum atomic E-state index is -1.08. The van der Waals surface area contributed by atoms with Crippen LogP contribution in [0.3, 0.4) is 0 Å². The van der Waals surface area contributed by atoms with Gasteiger partial charge in [0.25, 0.3) is 11.1 Å². The number of hydrogen-bond donors (Lipinski definition) is 3.